The molecule has 9 atom stereocenters. The summed E-state index contributed by atoms with van der Waals surface area (Å²) in [7, 11) is 3.73. The van der Waals surface area contributed by atoms with Crippen LogP contribution in [-0.4, -0.2) is 36.5 Å². The number of carbonyl (C=O) groups excluding carboxylic acids is 3. The van der Waals surface area contributed by atoms with Crippen LogP contribution < -0.4 is 0 Å². The largest absolute Gasteiger partial charge is 0.349 e. The van der Waals surface area contributed by atoms with Crippen molar-refractivity contribution in [2.24, 2.45) is 62.6 Å². The highest BCUT2D eigenvalue weighted by Gasteiger charge is 2.71. The summed E-state index contributed by atoms with van der Waals surface area (Å²) in [5, 5.41) is 0. The summed E-state index contributed by atoms with van der Waals surface area (Å²) in [5.41, 5.74) is -0.890. The molecule has 208 valence electrons. The van der Waals surface area contributed by atoms with E-state index in [4.69, 9.17) is 6.57 Å². The summed E-state index contributed by atoms with van der Waals surface area (Å²) in [6.07, 6.45) is 8.34. The van der Waals surface area contributed by atoms with Gasteiger partial charge >= 0.3 is 0 Å². The van der Waals surface area contributed by atoms with Crippen LogP contribution in [0.1, 0.15) is 93.4 Å². The van der Waals surface area contributed by atoms with Crippen LogP contribution >= 0.6 is 0 Å². The van der Waals surface area contributed by atoms with Crippen molar-refractivity contribution >= 4 is 17.5 Å². The number of Topliss-reactive ketones (excluding diaryl/α,β-unsaturated/α-hetero) is 2. The Hall–Kier alpha value is -1.96. The summed E-state index contributed by atoms with van der Waals surface area (Å²) in [6.45, 7) is 23.4. The predicted molar refractivity (Wildman–Crippen MR) is 149 cm³/mol. The molecule has 0 radical (unpaired) electrons. The van der Waals surface area contributed by atoms with E-state index in [2.05, 4.69) is 39.5 Å². The van der Waals surface area contributed by atoms with Crippen LogP contribution in [0.3, 0.4) is 0 Å². The molecule has 0 aromatic rings. The summed E-state index contributed by atoms with van der Waals surface area (Å²) < 4.78 is 0. The lowest BCUT2D eigenvalue weighted by atomic mass is 9.32. The van der Waals surface area contributed by atoms with Crippen molar-refractivity contribution in [2.75, 3.05) is 14.1 Å². The Kier molecular flexibility index (Phi) is 6.01. The van der Waals surface area contributed by atoms with Crippen molar-refractivity contribution in [1.29, 1.82) is 0 Å². The smallest absolute Gasteiger partial charge is 0.226 e. The van der Waals surface area contributed by atoms with Gasteiger partial charge in [-0.3, -0.25) is 9.59 Å². The van der Waals surface area contributed by atoms with Gasteiger partial charge in [-0.15, -0.1) is 0 Å². The van der Waals surface area contributed by atoms with Crippen LogP contribution in [0.4, 0.5) is 0 Å². The molecular weight excluding hydrogens is 472 g/mol. The highest BCUT2D eigenvalue weighted by molar-refractivity contribution is 6.02. The zero-order valence-electron chi connectivity index (χ0n) is 25.1. The standard InChI is InChI=1S/C33H48N2O3/c1-29(2)16-20-19(21(17-29)28(38)35(9)10)11-13-33(7)26(20)23(36)15-25-31(5)18-22(34-8)27(37)30(3,4)24(31)12-14-32(25,33)6/h18-21,24-26H,11-17H2,1-7,9-10H3/t19?,20-,21-,24+,25-,26+,31+,32-,33-/m1/s1. The zero-order chi connectivity index (χ0) is 28.2. The van der Waals surface area contributed by atoms with Gasteiger partial charge < -0.3 is 9.69 Å². The molecule has 0 saturated heterocycles. The van der Waals surface area contributed by atoms with Gasteiger partial charge in [0.15, 0.2) is 5.78 Å². The van der Waals surface area contributed by atoms with E-state index in [0.717, 1.165) is 38.5 Å². The maximum absolute atomic E-state index is 14.5. The minimum absolute atomic E-state index is 0.0100. The lowest BCUT2D eigenvalue weighted by molar-refractivity contribution is -0.214. The first kappa shape index (κ1) is 27.6. The summed E-state index contributed by atoms with van der Waals surface area (Å²) in [4.78, 5) is 46.5. The van der Waals surface area contributed by atoms with Gasteiger partial charge in [0.05, 0.1) is 6.57 Å². The topological polar surface area (TPSA) is 58.8 Å². The maximum atomic E-state index is 14.5. The molecule has 5 aliphatic carbocycles. The van der Waals surface area contributed by atoms with E-state index in [-0.39, 0.29) is 74.6 Å². The number of allylic oxidation sites excluding steroid dienone is 2. The first-order valence-corrected chi connectivity index (χ1v) is 14.8. The first-order valence-electron chi connectivity index (χ1n) is 14.8. The van der Waals surface area contributed by atoms with Crippen molar-refractivity contribution in [3.63, 3.8) is 0 Å². The second-order valence-electron chi connectivity index (χ2n) is 16.0. The molecule has 0 aliphatic heterocycles. The highest BCUT2D eigenvalue weighted by atomic mass is 16.2. The molecule has 0 spiro atoms. The molecule has 5 heteroatoms. The Bertz CT molecular complexity index is 1160. The fourth-order valence-corrected chi connectivity index (χ4v) is 11.2. The monoisotopic (exact) mass is 520 g/mol. The van der Waals surface area contributed by atoms with Crippen LogP contribution in [-0.2, 0) is 14.4 Å². The molecule has 0 N–H and O–H groups in total. The Balaban J connectivity index is 1.60. The van der Waals surface area contributed by atoms with Crippen LogP contribution in [0.2, 0.25) is 0 Å². The van der Waals surface area contributed by atoms with E-state index in [1.54, 1.807) is 4.90 Å². The third kappa shape index (κ3) is 3.43. The van der Waals surface area contributed by atoms with Crippen LogP contribution in [0.15, 0.2) is 11.8 Å². The number of hydrogen-bond donors (Lipinski definition) is 0. The fourth-order valence-electron chi connectivity index (χ4n) is 11.2. The second-order valence-corrected chi connectivity index (χ2v) is 16.0. The van der Waals surface area contributed by atoms with Gasteiger partial charge in [0, 0.05) is 37.8 Å². The lowest BCUT2D eigenvalue weighted by Crippen LogP contribution is -2.68. The predicted octanol–water partition coefficient (Wildman–Crippen LogP) is 6.58. The van der Waals surface area contributed by atoms with Crippen molar-refractivity contribution in [3.8, 4) is 0 Å². The van der Waals surface area contributed by atoms with Gasteiger partial charge in [-0.25, -0.2) is 4.85 Å². The van der Waals surface area contributed by atoms with Gasteiger partial charge in [0.2, 0.25) is 11.6 Å². The van der Waals surface area contributed by atoms with E-state index in [9.17, 15) is 14.4 Å². The van der Waals surface area contributed by atoms with E-state index < -0.39 is 5.41 Å². The first-order chi connectivity index (χ1) is 17.4. The molecule has 1 unspecified atom stereocenters. The molecular formula is C33H48N2O3. The van der Waals surface area contributed by atoms with E-state index in [1.165, 1.54) is 0 Å². The molecule has 1 amide bonds. The fraction of sp³-hybridized carbons (Fsp3) is 0.818. The van der Waals surface area contributed by atoms with Crippen LogP contribution in [0.25, 0.3) is 4.85 Å². The molecule has 38 heavy (non-hydrogen) atoms. The van der Waals surface area contributed by atoms with Crippen LogP contribution in [0, 0.1) is 69.2 Å². The lowest BCUT2D eigenvalue weighted by Gasteiger charge is -2.71. The van der Waals surface area contributed by atoms with E-state index in [0.29, 0.717) is 12.2 Å². The quantitative estimate of drug-likeness (QED) is 0.367. The van der Waals surface area contributed by atoms with Gasteiger partial charge in [-0.1, -0.05) is 54.5 Å². The highest BCUT2D eigenvalue weighted by Crippen LogP contribution is 2.74. The molecule has 4 fully saturated rings. The Morgan fingerprint density at radius 2 is 1.55 bits per heavy atom. The van der Waals surface area contributed by atoms with Crippen LogP contribution in [0.5, 0.6) is 0 Å². The molecule has 0 aromatic heterocycles. The summed E-state index contributed by atoms with van der Waals surface area (Å²) in [5.74, 6) is 1.27. The van der Waals surface area contributed by atoms with E-state index >= 15 is 0 Å². The second kappa shape index (κ2) is 8.28. The average Bonchev–Trinajstić information content (AvgIpc) is 2.81. The van der Waals surface area contributed by atoms with Gasteiger partial charge in [0.25, 0.3) is 0 Å². The molecule has 5 aliphatic rings. The SMILES string of the molecule is [C-]#[N+]C1=C[C@]2(C)[C@H]3CC(=O)[C@@H]4[C@@H]5CC(C)(C)C[C@@H](C(=O)N(C)C)C5CC[C@@]4(C)[C@]3(C)CC[C@H]2C(C)(C)C1=O. The minimum atomic E-state index is -0.601. The number of fused-ring (bicyclic) bond motifs is 7. The van der Waals surface area contributed by atoms with Crippen molar-refractivity contribution < 1.29 is 14.4 Å². The summed E-state index contributed by atoms with van der Waals surface area (Å²) in [6, 6.07) is 0. The Labute approximate surface area is 230 Å². The maximum Gasteiger partial charge on any atom is 0.226 e. The van der Waals surface area contributed by atoms with Crippen molar-refractivity contribution in [3.05, 3.63) is 23.2 Å². The number of rotatable bonds is 1. The average molecular weight is 521 g/mol. The number of carbonyl (C=O) groups is 3. The zero-order valence-corrected chi connectivity index (χ0v) is 25.1. The Morgan fingerprint density at radius 3 is 2.16 bits per heavy atom. The number of hydrogen-bond acceptors (Lipinski definition) is 3. The molecule has 0 aromatic carbocycles. The molecule has 0 bridgehead atoms. The summed E-state index contributed by atoms with van der Waals surface area (Å²) >= 11 is 0. The van der Waals surface area contributed by atoms with E-state index in [1.807, 2.05) is 34.0 Å². The molecule has 0 heterocycles. The molecule has 4 saturated carbocycles. The van der Waals surface area contributed by atoms with Gasteiger partial charge in [-0.2, -0.15) is 0 Å². The third-order valence-corrected chi connectivity index (χ3v) is 13.0. The third-order valence-electron chi connectivity index (χ3n) is 13.0. The van der Waals surface area contributed by atoms with Crippen molar-refractivity contribution in [2.45, 2.75) is 93.4 Å². The number of nitrogens with zero attached hydrogens (tertiary/aromatic N) is 2. The Morgan fingerprint density at radius 1 is 0.921 bits per heavy atom. The normalized spacial score (nSPS) is 46.9. The van der Waals surface area contributed by atoms with Gasteiger partial charge in [-0.05, 0) is 83.9 Å². The number of amides is 1. The number of ketones is 2. The van der Waals surface area contributed by atoms with Gasteiger partial charge in [0.1, 0.15) is 5.78 Å². The molecule has 5 rings (SSSR count). The van der Waals surface area contributed by atoms with Crippen molar-refractivity contribution in [1.82, 2.24) is 4.90 Å². The molecule has 5 nitrogen and oxygen atoms in total. The minimum Gasteiger partial charge on any atom is -0.349 e.